The van der Waals surface area contributed by atoms with E-state index in [4.69, 9.17) is 14.2 Å². The molecule has 0 spiro atoms. The van der Waals surface area contributed by atoms with Gasteiger partial charge < -0.3 is 19.5 Å². The van der Waals surface area contributed by atoms with Gasteiger partial charge in [0.2, 0.25) is 5.91 Å². The van der Waals surface area contributed by atoms with E-state index < -0.39 is 15.9 Å². The molecule has 0 saturated heterocycles. The van der Waals surface area contributed by atoms with E-state index in [1.807, 2.05) is 38.1 Å². The minimum absolute atomic E-state index is 0.00769. The fourth-order valence-electron chi connectivity index (χ4n) is 3.73. The van der Waals surface area contributed by atoms with E-state index in [0.717, 1.165) is 22.0 Å². The minimum atomic E-state index is -4.07. The molecular formula is C28H34N2O6S. The molecule has 3 aromatic rings. The first-order chi connectivity index (χ1) is 17.7. The van der Waals surface area contributed by atoms with Crippen LogP contribution < -0.4 is 23.8 Å². The Morgan fingerprint density at radius 3 is 2.22 bits per heavy atom. The Morgan fingerprint density at radius 1 is 0.919 bits per heavy atom. The van der Waals surface area contributed by atoms with Crippen LogP contribution in [0.1, 0.15) is 25.8 Å². The van der Waals surface area contributed by atoms with Gasteiger partial charge in [0.15, 0.2) is 11.5 Å². The van der Waals surface area contributed by atoms with Crippen LogP contribution in [0.15, 0.2) is 77.7 Å². The summed E-state index contributed by atoms with van der Waals surface area (Å²) in [6, 6.07) is 20.8. The van der Waals surface area contributed by atoms with Crippen molar-refractivity contribution in [2.75, 3.05) is 31.6 Å². The molecule has 0 bridgehead atoms. The van der Waals surface area contributed by atoms with Crippen molar-refractivity contribution in [3.05, 3.63) is 78.4 Å². The molecule has 0 aliphatic rings. The molecule has 9 heteroatoms. The lowest BCUT2D eigenvalue weighted by molar-refractivity contribution is -0.119. The first-order valence-electron chi connectivity index (χ1n) is 12.1. The van der Waals surface area contributed by atoms with Crippen molar-refractivity contribution in [1.82, 2.24) is 5.32 Å². The van der Waals surface area contributed by atoms with Gasteiger partial charge in [-0.05, 0) is 68.7 Å². The first-order valence-corrected chi connectivity index (χ1v) is 13.5. The summed E-state index contributed by atoms with van der Waals surface area (Å²) in [6.45, 7) is 4.02. The number of carbonyl (C=O) groups is 1. The summed E-state index contributed by atoms with van der Waals surface area (Å²) in [5.74, 6) is 1.12. The highest BCUT2D eigenvalue weighted by molar-refractivity contribution is 7.92. The van der Waals surface area contributed by atoms with Crippen LogP contribution in [0.25, 0.3) is 0 Å². The van der Waals surface area contributed by atoms with Gasteiger partial charge in [-0.2, -0.15) is 0 Å². The number of sulfonamides is 1. The Bertz CT molecular complexity index is 1260. The van der Waals surface area contributed by atoms with Crippen molar-refractivity contribution in [3.8, 4) is 17.2 Å². The number of rotatable bonds is 13. The third-order valence-electron chi connectivity index (χ3n) is 5.53. The van der Waals surface area contributed by atoms with Crippen LogP contribution >= 0.6 is 0 Å². The molecule has 37 heavy (non-hydrogen) atoms. The normalized spacial score (nSPS) is 11.2. The molecule has 198 valence electrons. The Morgan fingerprint density at radius 2 is 1.59 bits per heavy atom. The molecule has 0 fully saturated rings. The highest BCUT2D eigenvalue weighted by Gasteiger charge is 2.28. The summed E-state index contributed by atoms with van der Waals surface area (Å²) in [7, 11) is -1.16. The van der Waals surface area contributed by atoms with Gasteiger partial charge in [-0.3, -0.25) is 9.10 Å². The van der Waals surface area contributed by atoms with Gasteiger partial charge in [-0.25, -0.2) is 8.42 Å². The number of methoxy groups -OCH3 is 2. The summed E-state index contributed by atoms with van der Waals surface area (Å²) in [6.07, 6.45) is 1.60. The van der Waals surface area contributed by atoms with Crippen LogP contribution in [0.5, 0.6) is 17.2 Å². The second-order valence-electron chi connectivity index (χ2n) is 8.63. The maximum Gasteiger partial charge on any atom is 0.264 e. The van der Waals surface area contributed by atoms with E-state index in [1.165, 1.54) is 32.4 Å². The number of amides is 1. The summed E-state index contributed by atoms with van der Waals surface area (Å²) in [4.78, 5) is 12.8. The average Bonchev–Trinajstić information content (AvgIpc) is 2.90. The second kappa shape index (κ2) is 13.0. The molecule has 0 unspecified atom stereocenters. The molecule has 1 N–H and O–H groups in total. The summed E-state index contributed by atoms with van der Waals surface area (Å²) in [5.41, 5.74) is 1.52. The lowest BCUT2D eigenvalue weighted by atomic mass is 10.1. The van der Waals surface area contributed by atoms with Crippen LogP contribution in [0.4, 0.5) is 5.69 Å². The van der Waals surface area contributed by atoms with Gasteiger partial charge in [0.1, 0.15) is 12.3 Å². The molecule has 0 aliphatic heterocycles. The van der Waals surface area contributed by atoms with Gasteiger partial charge in [-0.1, -0.05) is 30.3 Å². The number of aryl methyl sites for hydroxylation is 1. The van der Waals surface area contributed by atoms with Gasteiger partial charge >= 0.3 is 0 Å². The molecule has 1 amide bonds. The van der Waals surface area contributed by atoms with Crippen LogP contribution in [0.3, 0.4) is 0 Å². The van der Waals surface area contributed by atoms with Gasteiger partial charge in [-0.15, -0.1) is 0 Å². The van der Waals surface area contributed by atoms with Crippen molar-refractivity contribution in [1.29, 1.82) is 0 Å². The van der Waals surface area contributed by atoms with Crippen LogP contribution in [-0.2, 0) is 21.2 Å². The average molecular weight is 527 g/mol. The molecule has 0 atom stereocenters. The number of para-hydroxylation sites is 1. The number of anilines is 1. The molecule has 8 nitrogen and oxygen atoms in total. The van der Waals surface area contributed by atoms with E-state index in [9.17, 15) is 13.2 Å². The molecule has 0 aliphatic carbocycles. The highest BCUT2D eigenvalue weighted by Crippen LogP contribution is 2.32. The molecular weight excluding hydrogens is 492 g/mol. The Labute approximate surface area is 219 Å². The number of ether oxygens (including phenoxy) is 3. The Balaban J connectivity index is 1.66. The maximum absolute atomic E-state index is 13.6. The molecule has 0 aromatic heterocycles. The number of hydrogen-bond donors (Lipinski definition) is 1. The van der Waals surface area contributed by atoms with E-state index in [2.05, 4.69) is 5.32 Å². The predicted octanol–water partition coefficient (Wildman–Crippen LogP) is 4.44. The van der Waals surface area contributed by atoms with Crippen LogP contribution in [0.2, 0.25) is 0 Å². The topological polar surface area (TPSA) is 94.2 Å². The van der Waals surface area contributed by atoms with Crippen molar-refractivity contribution in [2.45, 2.75) is 37.7 Å². The van der Waals surface area contributed by atoms with Gasteiger partial charge in [0.25, 0.3) is 10.0 Å². The Hall–Kier alpha value is -3.72. The van der Waals surface area contributed by atoms with Crippen molar-refractivity contribution >= 4 is 21.6 Å². The number of nitrogens with zero attached hydrogens (tertiary/aromatic N) is 1. The second-order valence-corrected chi connectivity index (χ2v) is 10.5. The van der Waals surface area contributed by atoms with Gasteiger partial charge in [0, 0.05) is 12.6 Å². The zero-order valence-electron chi connectivity index (χ0n) is 21.6. The quantitative estimate of drug-likeness (QED) is 0.331. The van der Waals surface area contributed by atoms with E-state index in [0.29, 0.717) is 24.4 Å². The SMILES string of the molecule is COc1ccc(S(=O)(=O)N(CC(=O)NCCCc2ccc(OC(C)C)cc2)c2ccccc2)cc1OC. The maximum atomic E-state index is 13.6. The monoisotopic (exact) mass is 526 g/mol. The van der Waals surface area contributed by atoms with Crippen molar-refractivity contribution in [2.24, 2.45) is 0 Å². The minimum Gasteiger partial charge on any atom is -0.493 e. The van der Waals surface area contributed by atoms with E-state index >= 15 is 0 Å². The van der Waals surface area contributed by atoms with E-state index in [-0.39, 0.29) is 23.3 Å². The smallest absolute Gasteiger partial charge is 0.264 e. The van der Waals surface area contributed by atoms with Gasteiger partial charge in [0.05, 0.1) is 30.9 Å². The number of hydrogen-bond acceptors (Lipinski definition) is 6. The fraction of sp³-hybridized carbons (Fsp3) is 0.321. The lowest BCUT2D eigenvalue weighted by Gasteiger charge is -2.24. The third kappa shape index (κ3) is 7.63. The molecule has 3 aromatic carbocycles. The van der Waals surface area contributed by atoms with Crippen molar-refractivity contribution < 1.29 is 27.4 Å². The number of carbonyl (C=O) groups excluding carboxylic acids is 1. The van der Waals surface area contributed by atoms with Crippen LogP contribution in [-0.4, -0.2) is 47.7 Å². The standard InChI is InChI=1S/C28H34N2O6S/c1-21(2)36-24-14-12-22(13-15-24)9-8-18-29-28(31)20-30(23-10-6-5-7-11-23)37(32,33)25-16-17-26(34-3)27(19-25)35-4/h5-7,10-17,19,21H,8-9,18,20H2,1-4H3,(H,29,31). The largest absolute Gasteiger partial charge is 0.493 e. The van der Waals surface area contributed by atoms with Crippen LogP contribution in [0, 0.1) is 0 Å². The summed E-state index contributed by atoms with van der Waals surface area (Å²) >= 11 is 0. The summed E-state index contributed by atoms with van der Waals surface area (Å²) < 4.78 is 44.4. The third-order valence-corrected chi connectivity index (χ3v) is 7.30. The Kier molecular flexibility index (Phi) is 9.79. The molecule has 0 heterocycles. The predicted molar refractivity (Wildman–Crippen MR) is 144 cm³/mol. The summed E-state index contributed by atoms with van der Waals surface area (Å²) in [5, 5.41) is 2.84. The number of benzene rings is 3. The molecule has 3 rings (SSSR count). The van der Waals surface area contributed by atoms with E-state index in [1.54, 1.807) is 30.3 Å². The highest BCUT2D eigenvalue weighted by atomic mass is 32.2. The fourth-order valence-corrected chi connectivity index (χ4v) is 5.16. The number of nitrogens with one attached hydrogen (secondary N) is 1. The van der Waals surface area contributed by atoms with Crippen molar-refractivity contribution in [3.63, 3.8) is 0 Å². The zero-order valence-corrected chi connectivity index (χ0v) is 22.5. The molecule has 0 radical (unpaired) electrons. The zero-order chi connectivity index (χ0) is 26.8. The molecule has 0 saturated carbocycles. The first kappa shape index (κ1) is 27.9. The lowest BCUT2D eigenvalue weighted by Crippen LogP contribution is -2.41.